The smallest absolute Gasteiger partial charge is 0.243 e. The molecule has 3 rings (SSSR count). The highest BCUT2D eigenvalue weighted by Crippen LogP contribution is 2.23. The Morgan fingerprint density at radius 3 is 2.38 bits per heavy atom. The molecule has 0 aliphatic carbocycles. The van der Waals surface area contributed by atoms with Crippen molar-refractivity contribution in [2.75, 3.05) is 26.7 Å². The molecule has 0 aromatic heterocycles. The van der Waals surface area contributed by atoms with E-state index in [-0.39, 0.29) is 5.82 Å². The zero-order valence-electron chi connectivity index (χ0n) is 16.5. The number of hydrogen-bond acceptors (Lipinski definition) is 3. The fourth-order valence-corrected chi connectivity index (χ4v) is 4.87. The summed E-state index contributed by atoms with van der Waals surface area (Å²) in [6.45, 7) is 2.05. The Morgan fingerprint density at radius 2 is 1.72 bits per heavy atom. The Labute approximate surface area is 171 Å². The van der Waals surface area contributed by atoms with E-state index in [2.05, 4.69) is 15.6 Å². The Bertz CT molecular complexity index is 927. The summed E-state index contributed by atoms with van der Waals surface area (Å²) in [7, 11) is -1.75. The van der Waals surface area contributed by atoms with Crippen molar-refractivity contribution in [1.29, 1.82) is 0 Å². The molecule has 1 heterocycles. The van der Waals surface area contributed by atoms with E-state index in [4.69, 9.17) is 0 Å². The lowest BCUT2D eigenvalue weighted by molar-refractivity contribution is 0.273. The molecule has 2 aromatic carbocycles. The van der Waals surface area contributed by atoms with E-state index >= 15 is 0 Å². The van der Waals surface area contributed by atoms with Gasteiger partial charge in [0.25, 0.3) is 0 Å². The average Bonchev–Trinajstić information content (AvgIpc) is 2.76. The summed E-state index contributed by atoms with van der Waals surface area (Å²) in [5.74, 6) is 0.708. The molecule has 0 atom stereocenters. The fraction of sp³-hybridized carbons (Fsp3) is 0.381. The molecular weight excluding hydrogens is 391 g/mol. The van der Waals surface area contributed by atoms with Crippen LogP contribution in [0.4, 0.5) is 4.39 Å². The Hall–Kier alpha value is -2.45. The third kappa shape index (κ3) is 5.55. The molecule has 8 heteroatoms. The van der Waals surface area contributed by atoms with Gasteiger partial charge in [-0.3, -0.25) is 4.99 Å². The van der Waals surface area contributed by atoms with E-state index in [1.165, 1.54) is 6.07 Å². The maximum absolute atomic E-state index is 13.7. The quantitative estimate of drug-likeness (QED) is 0.559. The molecule has 156 valence electrons. The van der Waals surface area contributed by atoms with Crippen LogP contribution in [0, 0.1) is 11.7 Å². The van der Waals surface area contributed by atoms with E-state index in [0.717, 1.165) is 12.8 Å². The summed E-state index contributed by atoms with van der Waals surface area (Å²) in [5, 5.41) is 6.38. The van der Waals surface area contributed by atoms with Crippen LogP contribution in [0.25, 0.3) is 0 Å². The summed E-state index contributed by atoms with van der Waals surface area (Å²) < 4.78 is 40.7. The van der Waals surface area contributed by atoms with Crippen LogP contribution in [0.5, 0.6) is 0 Å². The van der Waals surface area contributed by atoms with Crippen LogP contribution in [0.3, 0.4) is 0 Å². The number of guanidine groups is 1. The number of sulfonamides is 1. The molecule has 1 fully saturated rings. The first-order chi connectivity index (χ1) is 14.0. The minimum atomic E-state index is -3.42. The second-order valence-corrected chi connectivity index (χ2v) is 9.00. The highest BCUT2D eigenvalue weighted by Gasteiger charge is 2.29. The Morgan fingerprint density at radius 1 is 1.07 bits per heavy atom. The van der Waals surface area contributed by atoms with Crippen LogP contribution in [-0.2, 0) is 16.6 Å². The van der Waals surface area contributed by atoms with Crippen LogP contribution >= 0.6 is 0 Å². The SMILES string of the molecule is CN=C(NCc1ccccc1F)NCC1CCN(S(=O)(=O)c2ccccc2)CC1. The van der Waals surface area contributed by atoms with Crippen molar-refractivity contribution in [3.8, 4) is 0 Å². The summed E-state index contributed by atoms with van der Waals surface area (Å²) in [4.78, 5) is 4.52. The van der Waals surface area contributed by atoms with Gasteiger partial charge in [0.2, 0.25) is 10.0 Å². The van der Waals surface area contributed by atoms with Crippen molar-refractivity contribution in [1.82, 2.24) is 14.9 Å². The van der Waals surface area contributed by atoms with Gasteiger partial charge in [-0.25, -0.2) is 12.8 Å². The maximum atomic E-state index is 13.7. The van der Waals surface area contributed by atoms with E-state index in [9.17, 15) is 12.8 Å². The number of aliphatic imine (C=N–C) groups is 1. The first-order valence-electron chi connectivity index (χ1n) is 9.74. The van der Waals surface area contributed by atoms with E-state index in [1.807, 2.05) is 6.07 Å². The van der Waals surface area contributed by atoms with Crippen molar-refractivity contribution in [3.63, 3.8) is 0 Å². The summed E-state index contributed by atoms with van der Waals surface area (Å²) >= 11 is 0. The van der Waals surface area contributed by atoms with Gasteiger partial charge in [-0.1, -0.05) is 36.4 Å². The first kappa shape index (κ1) is 21.3. The highest BCUT2D eigenvalue weighted by molar-refractivity contribution is 7.89. The molecule has 0 saturated carbocycles. The second-order valence-electron chi connectivity index (χ2n) is 7.06. The van der Waals surface area contributed by atoms with Gasteiger partial charge in [0.15, 0.2) is 5.96 Å². The number of benzene rings is 2. The molecule has 29 heavy (non-hydrogen) atoms. The molecule has 1 aliphatic rings. The largest absolute Gasteiger partial charge is 0.356 e. The lowest BCUT2D eigenvalue weighted by Crippen LogP contribution is -2.44. The van der Waals surface area contributed by atoms with Gasteiger partial charge in [-0.2, -0.15) is 4.31 Å². The minimum Gasteiger partial charge on any atom is -0.356 e. The Balaban J connectivity index is 1.46. The van der Waals surface area contributed by atoms with Gasteiger partial charge in [0.1, 0.15) is 5.82 Å². The third-order valence-electron chi connectivity index (χ3n) is 5.14. The molecule has 2 N–H and O–H groups in total. The number of halogens is 1. The average molecular weight is 419 g/mol. The normalized spacial score (nSPS) is 16.6. The van der Waals surface area contributed by atoms with E-state index in [0.29, 0.717) is 48.5 Å². The van der Waals surface area contributed by atoms with Crippen LogP contribution in [-0.4, -0.2) is 45.4 Å². The molecule has 0 amide bonds. The maximum Gasteiger partial charge on any atom is 0.243 e. The van der Waals surface area contributed by atoms with Gasteiger partial charge in [0.05, 0.1) is 4.90 Å². The van der Waals surface area contributed by atoms with Gasteiger partial charge in [0, 0.05) is 38.8 Å². The van der Waals surface area contributed by atoms with E-state index in [1.54, 1.807) is 53.8 Å². The summed E-state index contributed by atoms with van der Waals surface area (Å²) in [6.07, 6.45) is 1.56. The molecule has 6 nitrogen and oxygen atoms in total. The third-order valence-corrected chi connectivity index (χ3v) is 7.05. The van der Waals surface area contributed by atoms with Gasteiger partial charge >= 0.3 is 0 Å². The van der Waals surface area contributed by atoms with Crippen molar-refractivity contribution >= 4 is 16.0 Å². The number of nitrogens with zero attached hydrogens (tertiary/aromatic N) is 2. The number of hydrogen-bond donors (Lipinski definition) is 2. The fourth-order valence-electron chi connectivity index (χ4n) is 3.38. The van der Waals surface area contributed by atoms with Crippen molar-refractivity contribution in [2.45, 2.75) is 24.3 Å². The van der Waals surface area contributed by atoms with Crippen molar-refractivity contribution in [3.05, 3.63) is 66.0 Å². The van der Waals surface area contributed by atoms with Crippen molar-refractivity contribution in [2.24, 2.45) is 10.9 Å². The lowest BCUT2D eigenvalue weighted by atomic mass is 9.98. The molecule has 0 bridgehead atoms. The van der Waals surface area contributed by atoms with Gasteiger partial charge in [-0.15, -0.1) is 0 Å². The molecule has 0 radical (unpaired) electrons. The molecule has 1 saturated heterocycles. The van der Waals surface area contributed by atoms with Crippen molar-refractivity contribution < 1.29 is 12.8 Å². The van der Waals surface area contributed by atoms with Crippen LogP contribution in [0.1, 0.15) is 18.4 Å². The van der Waals surface area contributed by atoms with Crippen LogP contribution in [0.2, 0.25) is 0 Å². The minimum absolute atomic E-state index is 0.248. The molecule has 2 aromatic rings. The molecule has 1 aliphatic heterocycles. The van der Waals surface area contributed by atoms with Gasteiger partial charge in [-0.05, 0) is 37.0 Å². The Kier molecular flexibility index (Phi) is 7.22. The highest BCUT2D eigenvalue weighted by atomic mass is 32.2. The molecule has 0 spiro atoms. The van der Waals surface area contributed by atoms with Gasteiger partial charge < -0.3 is 10.6 Å². The number of nitrogens with one attached hydrogen (secondary N) is 2. The summed E-state index contributed by atoms with van der Waals surface area (Å²) in [5.41, 5.74) is 0.579. The first-order valence-corrected chi connectivity index (χ1v) is 11.2. The second kappa shape index (κ2) is 9.84. The number of rotatable bonds is 6. The predicted molar refractivity (Wildman–Crippen MR) is 113 cm³/mol. The van der Waals surface area contributed by atoms with Crippen LogP contribution in [0.15, 0.2) is 64.5 Å². The molecule has 0 unspecified atom stereocenters. The van der Waals surface area contributed by atoms with E-state index < -0.39 is 10.0 Å². The lowest BCUT2D eigenvalue weighted by Gasteiger charge is -2.31. The standard InChI is InChI=1S/C21H27FN4O2S/c1-23-21(25-16-18-7-5-6-10-20(18)22)24-15-17-11-13-26(14-12-17)29(27,28)19-8-3-2-4-9-19/h2-10,17H,11-16H2,1H3,(H2,23,24,25). The number of piperidine rings is 1. The monoisotopic (exact) mass is 418 g/mol. The molecular formula is C21H27FN4O2S. The predicted octanol–water partition coefficient (Wildman–Crippen LogP) is 2.59. The zero-order chi connectivity index (χ0) is 20.7. The summed E-state index contributed by atoms with van der Waals surface area (Å²) in [6, 6.07) is 15.2. The zero-order valence-corrected chi connectivity index (χ0v) is 17.3. The van der Waals surface area contributed by atoms with Crippen LogP contribution < -0.4 is 10.6 Å². The topological polar surface area (TPSA) is 73.8 Å².